The Hall–Kier alpha value is -1.06. The van der Waals surface area contributed by atoms with E-state index in [9.17, 15) is 9.59 Å². The molecule has 0 aliphatic carbocycles. The van der Waals surface area contributed by atoms with E-state index in [4.69, 9.17) is 5.11 Å². The highest BCUT2D eigenvalue weighted by molar-refractivity contribution is 5.78. The van der Waals surface area contributed by atoms with Gasteiger partial charge in [0.25, 0.3) is 0 Å². The largest absolute Gasteiger partial charge is 0.481 e. The number of carboxylic acids is 1. The van der Waals surface area contributed by atoms with Crippen molar-refractivity contribution in [3.8, 4) is 0 Å². The van der Waals surface area contributed by atoms with Crippen LogP contribution in [-0.4, -0.2) is 34.5 Å². The molecule has 1 rings (SSSR count). The van der Waals surface area contributed by atoms with Gasteiger partial charge in [-0.1, -0.05) is 20.8 Å². The topological polar surface area (TPSA) is 57.6 Å². The summed E-state index contributed by atoms with van der Waals surface area (Å²) in [6, 6.07) is -0.0822. The van der Waals surface area contributed by atoms with Crippen LogP contribution in [0.2, 0.25) is 0 Å². The minimum atomic E-state index is -0.810. The number of hydrogen-bond acceptors (Lipinski definition) is 2. The van der Waals surface area contributed by atoms with Crippen molar-refractivity contribution in [3.05, 3.63) is 0 Å². The lowest BCUT2D eigenvalue weighted by Gasteiger charge is -2.25. The average molecular weight is 255 g/mol. The molecule has 1 amide bonds. The first-order valence-corrected chi connectivity index (χ1v) is 6.91. The van der Waals surface area contributed by atoms with E-state index in [0.29, 0.717) is 18.3 Å². The molecular formula is C14H25NO3. The smallest absolute Gasteiger partial charge is 0.305 e. The van der Waals surface area contributed by atoms with E-state index in [1.807, 2.05) is 0 Å². The first kappa shape index (κ1) is 15.0. The Labute approximate surface area is 109 Å². The molecule has 1 aliphatic heterocycles. The van der Waals surface area contributed by atoms with Crippen LogP contribution >= 0.6 is 0 Å². The molecule has 1 aliphatic rings. The Morgan fingerprint density at radius 3 is 2.56 bits per heavy atom. The van der Waals surface area contributed by atoms with Gasteiger partial charge >= 0.3 is 5.97 Å². The van der Waals surface area contributed by atoms with Crippen LogP contribution in [0.15, 0.2) is 0 Å². The number of hydrogen-bond donors (Lipinski definition) is 1. The number of likely N-dealkylation sites (tertiary alicyclic amines) is 1. The third kappa shape index (κ3) is 4.67. The number of carbonyl (C=O) groups is 2. The van der Waals surface area contributed by atoms with Crippen LogP contribution in [0, 0.1) is 11.8 Å². The maximum Gasteiger partial charge on any atom is 0.305 e. The molecule has 104 valence electrons. The summed E-state index contributed by atoms with van der Waals surface area (Å²) in [5.74, 6) is 0.298. The summed E-state index contributed by atoms with van der Waals surface area (Å²) < 4.78 is 0. The maximum absolute atomic E-state index is 12.2. The number of carboxylic acid groups (broad SMARTS) is 1. The molecule has 0 aromatic rings. The standard InChI is InChI=1S/C14H25NO3/c1-10(2)7-11(3)8-13(16)15-6-4-5-12(15)9-14(17)18/h10-12H,4-9H2,1-3H3,(H,17,18). The molecule has 0 bridgehead atoms. The molecule has 4 nitrogen and oxygen atoms in total. The van der Waals surface area contributed by atoms with Gasteiger partial charge in [0.2, 0.25) is 5.91 Å². The molecule has 0 radical (unpaired) electrons. The van der Waals surface area contributed by atoms with Gasteiger partial charge in [-0.3, -0.25) is 9.59 Å². The van der Waals surface area contributed by atoms with E-state index in [0.717, 1.165) is 25.8 Å². The number of nitrogens with zero attached hydrogens (tertiary/aromatic N) is 1. The summed E-state index contributed by atoms with van der Waals surface area (Å²) in [4.78, 5) is 24.7. The molecular weight excluding hydrogens is 230 g/mol. The predicted molar refractivity (Wildman–Crippen MR) is 70.2 cm³/mol. The van der Waals surface area contributed by atoms with Crippen LogP contribution in [0.25, 0.3) is 0 Å². The lowest BCUT2D eigenvalue weighted by molar-refractivity contribution is -0.140. The fourth-order valence-corrected chi connectivity index (χ4v) is 2.88. The summed E-state index contributed by atoms with van der Waals surface area (Å²) in [7, 11) is 0. The van der Waals surface area contributed by atoms with Crippen molar-refractivity contribution in [1.29, 1.82) is 0 Å². The zero-order valence-electron chi connectivity index (χ0n) is 11.7. The Morgan fingerprint density at radius 1 is 1.33 bits per heavy atom. The Bertz CT molecular complexity index is 301. The van der Waals surface area contributed by atoms with Crippen LogP contribution in [0.5, 0.6) is 0 Å². The molecule has 1 N–H and O–H groups in total. The molecule has 1 fully saturated rings. The molecule has 4 heteroatoms. The Balaban J connectivity index is 2.47. The maximum atomic E-state index is 12.2. The molecule has 1 saturated heterocycles. The quantitative estimate of drug-likeness (QED) is 0.793. The summed E-state index contributed by atoms with van der Waals surface area (Å²) in [5, 5.41) is 8.84. The van der Waals surface area contributed by atoms with Gasteiger partial charge in [-0.2, -0.15) is 0 Å². The summed E-state index contributed by atoms with van der Waals surface area (Å²) in [6.07, 6.45) is 3.45. The van der Waals surface area contributed by atoms with E-state index in [1.165, 1.54) is 0 Å². The zero-order chi connectivity index (χ0) is 13.7. The molecule has 18 heavy (non-hydrogen) atoms. The van der Waals surface area contributed by atoms with Gasteiger partial charge in [-0.25, -0.2) is 0 Å². The average Bonchev–Trinajstić information content (AvgIpc) is 2.62. The van der Waals surface area contributed by atoms with Crippen LogP contribution in [0.3, 0.4) is 0 Å². The first-order valence-electron chi connectivity index (χ1n) is 6.91. The van der Waals surface area contributed by atoms with E-state index in [1.54, 1.807) is 4.90 Å². The van der Waals surface area contributed by atoms with Crippen molar-refractivity contribution < 1.29 is 14.7 Å². The van der Waals surface area contributed by atoms with Crippen LogP contribution in [-0.2, 0) is 9.59 Å². The lowest BCUT2D eigenvalue weighted by atomic mass is 9.95. The molecule has 0 spiro atoms. The van der Waals surface area contributed by atoms with E-state index >= 15 is 0 Å². The van der Waals surface area contributed by atoms with Crippen molar-refractivity contribution in [1.82, 2.24) is 4.90 Å². The van der Waals surface area contributed by atoms with Gasteiger partial charge in [0.15, 0.2) is 0 Å². The van der Waals surface area contributed by atoms with Crippen molar-refractivity contribution in [3.63, 3.8) is 0 Å². The molecule has 0 aromatic carbocycles. The van der Waals surface area contributed by atoms with Gasteiger partial charge in [0.1, 0.15) is 0 Å². The highest BCUT2D eigenvalue weighted by atomic mass is 16.4. The monoisotopic (exact) mass is 255 g/mol. The van der Waals surface area contributed by atoms with Gasteiger partial charge in [-0.05, 0) is 31.1 Å². The highest BCUT2D eigenvalue weighted by Gasteiger charge is 2.30. The third-order valence-electron chi connectivity index (χ3n) is 3.50. The Morgan fingerprint density at radius 2 is 2.00 bits per heavy atom. The fraction of sp³-hybridized carbons (Fsp3) is 0.857. The number of rotatable bonds is 6. The molecule has 1 heterocycles. The van der Waals surface area contributed by atoms with Gasteiger partial charge in [0, 0.05) is 19.0 Å². The molecule has 2 unspecified atom stereocenters. The number of amides is 1. The minimum absolute atomic E-state index is 0.0822. The van der Waals surface area contributed by atoms with Gasteiger partial charge < -0.3 is 10.0 Å². The van der Waals surface area contributed by atoms with Crippen molar-refractivity contribution >= 4 is 11.9 Å². The van der Waals surface area contributed by atoms with E-state index in [-0.39, 0.29) is 18.4 Å². The van der Waals surface area contributed by atoms with E-state index < -0.39 is 5.97 Å². The summed E-state index contributed by atoms with van der Waals surface area (Å²) in [5.41, 5.74) is 0. The summed E-state index contributed by atoms with van der Waals surface area (Å²) in [6.45, 7) is 7.14. The molecule has 0 aromatic heterocycles. The number of carbonyl (C=O) groups excluding carboxylic acids is 1. The predicted octanol–water partition coefficient (Wildman–Crippen LogP) is 2.52. The van der Waals surface area contributed by atoms with Crippen molar-refractivity contribution in [2.24, 2.45) is 11.8 Å². The third-order valence-corrected chi connectivity index (χ3v) is 3.50. The second-order valence-electron chi connectivity index (χ2n) is 5.92. The first-order chi connectivity index (χ1) is 8.40. The van der Waals surface area contributed by atoms with Gasteiger partial charge in [-0.15, -0.1) is 0 Å². The van der Waals surface area contributed by atoms with Gasteiger partial charge in [0.05, 0.1) is 6.42 Å². The zero-order valence-corrected chi connectivity index (χ0v) is 11.7. The SMILES string of the molecule is CC(C)CC(C)CC(=O)N1CCCC1CC(=O)O. The Kier molecular flexibility index (Phi) is 5.63. The second-order valence-corrected chi connectivity index (χ2v) is 5.92. The summed E-state index contributed by atoms with van der Waals surface area (Å²) >= 11 is 0. The fourth-order valence-electron chi connectivity index (χ4n) is 2.88. The highest BCUT2D eigenvalue weighted by Crippen LogP contribution is 2.23. The number of aliphatic carboxylic acids is 1. The normalized spacial score (nSPS) is 21.3. The molecule has 2 atom stereocenters. The minimum Gasteiger partial charge on any atom is -0.481 e. The van der Waals surface area contributed by atoms with Crippen LogP contribution in [0.4, 0.5) is 0 Å². The van der Waals surface area contributed by atoms with Crippen molar-refractivity contribution in [2.45, 2.75) is 58.9 Å². The van der Waals surface area contributed by atoms with E-state index in [2.05, 4.69) is 20.8 Å². The van der Waals surface area contributed by atoms with Crippen molar-refractivity contribution in [2.75, 3.05) is 6.54 Å². The lowest BCUT2D eigenvalue weighted by Crippen LogP contribution is -2.37. The van der Waals surface area contributed by atoms with Crippen LogP contribution < -0.4 is 0 Å². The second kappa shape index (κ2) is 6.76. The van der Waals surface area contributed by atoms with Crippen LogP contribution in [0.1, 0.15) is 52.9 Å². The molecule has 0 saturated carbocycles.